The summed E-state index contributed by atoms with van der Waals surface area (Å²) in [7, 11) is 0. The molecule has 0 atom stereocenters. The van der Waals surface area contributed by atoms with Gasteiger partial charge in [0.1, 0.15) is 29.0 Å². The minimum atomic E-state index is 0.396. The second kappa shape index (κ2) is 7.31. The van der Waals surface area contributed by atoms with Crippen LogP contribution in [-0.4, -0.2) is 26.7 Å². The van der Waals surface area contributed by atoms with Crippen LogP contribution >= 0.6 is 22.9 Å². The number of benzene rings is 2. The second-order valence-electron chi connectivity index (χ2n) is 6.15. The number of aromatic nitrogens is 4. The molecule has 9 heteroatoms. The third-order valence-corrected chi connectivity index (χ3v) is 5.47. The number of thiazole rings is 1. The molecule has 144 valence electrons. The first-order chi connectivity index (χ1) is 14.2. The van der Waals surface area contributed by atoms with Crippen molar-refractivity contribution in [3.8, 4) is 17.0 Å². The Morgan fingerprint density at radius 3 is 2.83 bits per heavy atom. The van der Waals surface area contributed by atoms with Crippen molar-refractivity contribution < 1.29 is 9.26 Å². The highest BCUT2D eigenvalue weighted by atomic mass is 35.5. The van der Waals surface area contributed by atoms with Crippen LogP contribution in [-0.2, 0) is 0 Å². The Morgan fingerprint density at radius 1 is 1.14 bits per heavy atom. The summed E-state index contributed by atoms with van der Waals surface area (Å²) in [5, 5.41) is 9.50. The first-order valence-electron chi connectivity index (χ1n) is 8.88. The zero-order chi connectivity index (χ0) is 19.8. The van der Waals surface area contributed by atoms with Crippen molar-refractivity contribution in [2.45, 2.75) is 6.92 Å². The lowest BCUT2D eigenvalue weighted by Gasteiger charge is -2.03. The predicted molar refractivity (Wildman–Crippen MR) is 114 cm³/mol. The van der Waals surface area contributed by atoms with Gasteiger partial charge in [-0.3, -0.25) is 0 Å². The van der Waals surface area contributed by atoms with Gasteiger partial charge in [0.15, 0.2) is 5.13 Å². The molecule has 0 saturated carbocycles. The molecule has 3 heterocycles. The number of nitrogens with zero attached hydrogens (tertiary/aromatic N) is 4. The van der Waals surface area contributed by atoms with Crippen LogP contribution in [0.4, 0.5) is 10.9 Å². The molecule has 3 aromatic heterocycles. The van der Waals surface area contributed by atoms with E-state index in [9.17, 15) is 0 Å². The van der Waals surface area contributed by atoms with Crippen LogP contribution in [0, 0.1) is 0 Å². The van der Waals surface area contributed by atoms with Crippen LogP contribution in [0.3, 0.4) is 0 Å². The first kappa shape index (κ1) is 17.8. The number of halogens is 1. The fourth-order valence-corrected chi connectivity index (χ4v) is 4.02. The van der Waals surface area contributed by atoms with E-state index in [2.05, 4.69) is 25.4 Å². The standard InChI is InChI=1S/C20H14ClN5O2S/c1-2-27-13-7-8-14-15(9-13)29-20(24-14)25-18-16-17(11-3-5-12(21)6-4-11)26-28-19(16)23-10-22-18/h3-10H,2H2,1H3,(H,22,23,24,25). The van der Waals surface area contributed by atoms with Gasteiger partial charge in [0, 0.05) is 10.6 Å². The molecular formula is C20H14ClN5O2S. The van der Waals surface area contributed by atoms with Gasteiger partial charge < -0.3 is 14.6 Å². The van der Waals surface area contributed by atoms with Crippen molar-refractivity contribution in [2.75, 3.05) is 11.9 Å². The molecule has 5 aromatic rings. The van der Waals surface area contributed by atoms with Gasteiger partial charge >= 0.3 is 0 Å². The van der Waals surface area contributed by atoms with Crippen molar-refractivity contribution in [1.29, 1.82) is 0 Å². The molecule has 29 heavy (non-hydrogen) atoms. The minimum absolute atomic E-state index is 0.396. The number of anilines is 2. The minimum Gasteiger partial charge on any atom is -0.494 e. The van der Waals surface area contributed by atoms with Crippen molar-refractivity contribution in [1.82, 2.24) is 20.1 Å². The van der Waals surface area contributed by atoms with E-state index in [-0.39, 0.29) is 0 Å². The summed E-state index contributed by atoms with van der Waals surface area (Å²) in [5.74, 6) is 1.40. The summed E-state index contributed by atoms with van der Waals surface area (Å²) in [4.78, 5) is 13.2. The quantitative estimate of drug-likeness (QED) is 0.388. The third kappa shape index (κ3) is 3.37. The van der Waals surface area contributed by atoms with Crippen molar-refractivity contribution in [3.05, 3.63) is 53.8 Å². The highest BCUT2D eigenvalue weighted by Crippen LogP contribution is 2.35. The number of hydrogen-bond donors (Lipinski definition) is 1. The number of fused-ring (bicyclic) bond motifs is 2. The molecule has 0 radical (unpaired) electrons. The van der Waals surface area contributed by atoms with Gasteiger partial charge in [0.25, 0.3) is 5.71 Å². The molecule has 0 spiro atoms. The van der Waals surface area contributed by atoms with Gasteiger partial charge in [-0.05, 0) is 37.3 Å². The predicted octanol–water partition coefficient (Wildman–Crippen LogP) is 5.69. The van der Waals surface area contributed by atoms with Gasteiger partial charge in [-0.25, -0.2) is 9.97 Å². The average molecular weight is 424 g/mol. The van der Waals surface area contributed by atoms with Crippen LogP contribution in [0.5, 0.6) is 5.75 Å². The highest BCUT2D eigenvalue weighted by Gasteiger charge is 2.18. The molecule has 0 amide bonds. The summed E-state index contributed by atoms with van der Waals surface area (Å²) < 4.78 is 12.0. The topological polar surface area (TPSA) is 86.0 Å². The smallest absolute Gasteiger partial charge is 0.263 e. The Hall–Kier alpha value is -3.23. The molecule has 2 aromatic carbocycles. The monoisotopic (exact) mass is 423 g/mol. The molecule has 0 saturated heterocycles. The van der Waals surface area contributed by atoms with E-state index >= 15 is 0 Å². The Labute approximate surface area is 174 Å². The maximum atomic E-state index is 6.00. The fourth-order valence-electron chi connectivity index (χ4n) is 3.00. The van der Waals surface area contributed by atoms with Crippen LogP contribution in [0.2, 0.25) is 5.02 Å². The molecule has 0 aliphatic carbocycles. The largest absolute Gasteiger partial charge is 0.494 e. The third-order valence-electron chi connectivity index (χ3n) is 4.29. The number of rotatable bonds is 5. The molecule has 7 nitrogen and oxygen atoms in total. The fraction of sp³-hybridized carbons (Fsp3) is 0.100. The Kier molecular flexibility index (Phi) is 4.49. The van der Waals surface area contributed by atoms with Crippen molar-refractivity contribution in [2.24, 2.45) is 0 Å². The van der Waals surface area contributed by atoms with E-state index in [1.165, 1.54) is 17.7 Å². The maximum Gasteiger partial charge on any atom is 0.263 e. The van der Waals surface area contributed by atoms with Crippen LogP contribution in [0.25, 0.3) is 32.6 Å². The SMILES string of the molecule is CCOc1ccc2nc(Nc3ncnc4onc(-c5ccc(Cl)cc5)c34)sc2c1. The summed E-state index contributed by atoms with van der Waals surface area (Å²) in [6.07, 6.45) is 1.43. The Balaban J connectivity index is 1.56. The van der Waals surface area contributed by atoms with Crippen LogP contribution < -0.4 is 10.1 Å². The zero-order valence-electron chi connectivity index (χ0n) is 15.2. The normalized spacial score (nSPS) is 11.2. The molecule has 0 fully saturated rings. The second-order valence-corrected chi connectivity index (χ2v) is 7.61. The summed E-state index contributed by atoms with van der Waals surface area (Å²) >= 11 is 7.52. The maximum absolute atomic E-state index is 6.00. The van der Waals surface area contributed by atoms with Crippen LogP contribution in [0.1, 0.15) is 6.92 Å². The molecule has 5 rings (SSSR count). The Bertz CT molecular complexity index is 1320. The number of nitrogens with one attached hydrogen (secondary N) is 1. The lowest BCUT2D eigenvalue weighted by atomic mass is 10.1. The summed E-state index contributed by atoms with van der Waals surface area (Å²) in [6, 6.07) is 13.2. The molecule has 0 aliphatic rings. The van der Waals surface area contributed by atoms with Gasteiger partial charge in [-0.2, -0.15) is 4.98 Å². The lowest BCUT2D eigenvalue weighted by Crippen LogP contribution is -1.95. The van der Waals surface area contributed by atoms with E-state index < -0.39 is 0 Å². The highest BCUT2D eigenvalue weighted by molar-refractivity contribution is 7.22. The van der Waals surface area contributed by atoms with E-state index in [0.717, 1.165) is 21.5 Å². The molecular weight excluding hydrogens is 410 g/mol. The van der Waals surface area contributed by atoms with E-state index in [4.69, 9.17) is 20.9 Å². The molecule has 0 aliphatic heterocycles. The lowest BCUT2D eigenvalue weighted by molar-refractivity contribution is 0.341. The number of ether oxygens (including phenoxy) is 1. The molecule has 0 unspecified atom stereocenters. The summed E-state index contributed by atoms with van der Waals surface area (Å²) in [5.41, 5.74) is 2.78. The van der Waals surface area contributed by atoms with E-state index in [1.54, 1.807) is 12.1 Å². The van der Waals surface area contributed by atoms with Crippen LogP contribution in [0.15, 0.2) is 53.3 Å². The number of hydrogen-bond acceptors (Lipinski definition) is 8. The van der Waals surface area contributed by atoms with Gasteiger partial charge in [-0.15, -0.1) is 0 Å². The molecule has 0 bridgehead atoms. The Morgan fingerprint density at radius 2 is 2.00 bits per heavy atom. The van der Waals surface area contributed by atoms with E-state index in [1.807, 2.05) is 37.3 Å². The molecule has 1 N–H and O–H groups in total. The first-order valence-corrected chi connectivity index (χ1v) is 10.1. The van der Waals surface area contributed by atoms with E-state index in [0.29, 0.717) is 39.4 Å². The average Bonchev–Trinajstić information content (AvgIpc) is 3.33. The summed E-state index contributed by atoms with van der Waals surface area (Å²) in [6.45, 7) is 2.58. The van der Waals surface area contributed by atoms with Crippen molar-refractivity contribution >= 4 is 55.2 Å². The van der Waals surface area contributed by atoms with Crippen molar-refractivity contribution in [3.63, 3.8) is 0 Å². The zero-order valence-corrected chi connectivity index (χ0v) is 16.8. The van der Waals surface area contributed by atoms with Gasteiger partial charge in [-0.1, -0.05) is 40.2 Å². The van der Waals surface area contributed by atoms with Gasteiger partial charge in [0.2, 0.25) is 0 Å². The van der Waals surface area contributed by atoms with Gasteiger partial charge in [0.05, 0.1) is 16.8 Å².